The minimum atomic E-state index is -0.912. The molecule has 1 aromatic rings. The van der Waals surface area contributed by atoms with Gasteiger partial charge in [-0.2, -0.15) is 0 Å². The lowest BCUT2D eigenvalue weighted by molar-refractivity contribution is -0.138. The van der Waals surface area contributed by atoms with Crippen molar-refractivity contribution in [1.29, 1.82) is 0 Å². The second-order valence-corrected chi connectivity index (χ2v) is 4.48. The zero-order valence-corrected chi connectivity index (χ0v) is 11.2. The predicted octanol–water partition coefficient (Wildman–Crippen LogP) is 1.85. The van der Waals surface area contributed by atoms with E-state index < -0.39 is 5.97 Å². The van der Waals surface area contributed by atoms with Gasteiger partial charge in [0.15, 0.2) is 0 Å². The number of rotatable bonds is 6. The molecule has 0 unspecified atom stereocenters. The summed E-state index contributed by atoms with van der Waals surface area (Å²) in [6.45, 7) is 4.25. The van der Waals surface area contributed by atoms with E-state index in [0.29, 0.717) is 6.54 Å². The van der Waals surface area contributed by atoms with Gasteiger partial charge in [0.25, 0.3) is 0 Å². The van der Waals surface area contributed by atoms with Crippen molar-refractivity contribution in [3.05, 3.63) is 41.7 Å². The summed E-state index contributed by atoms with van der Waals surface area (Å²) < 4.78 is 0. The van der Waals surface area contributed by atoms with Crippen molar-refractivity contribution in [3.8, 4) is 0 Å². The Bertz CT molecular complexity index is 465. The standard InChI is InChI=1S/C14H18N2O3/c1-11(2)9-13(17)16(8-5-14(18)19)10-12-3-6-15-7-4-12/h3-4,6-7,9H,5,8,10H2,1-2H3,(H,18,19). The fourth-order valence-corrected chi connectivity index (χ4v) is 1.54. The molecular weight excluding hydrogens is 244 g/mol. The van der Waals surface area contributed by atoms with Crippen LogP contribution in [0.5, 0.6) is 0 Å². The van der Waals surface area contributed by atoms with Gasteiger partial charge in [-0.1, -0.05) is 5.57 Å². The number of carboxylic acids is 1. The number of pyridine rings is 1. The molecule has 1 heterocycles. The van der Waals surface area contributed by atoms with Gasteiger partial charge in [0.2, 0.25) is 5.91 Å². The van der Waals surface area contributed by atoms with Crippen LogP contribution in [0.3, 0.4) is 0 Å². The molecule has 0 fully saturated rings. The van der Waals surface area contributed by atoms with Crippen molar-refractivity contribution in [3.63, 3.8) is 0 Å². The van der Waals surface area contributed by atoms with Crippen molar-refractivity contribution in [2.75, 3.05) is 6.54 Å². The van der Waals surface area contributed by atoms with E-state index in [-0.39, 0.29) is 18.9 Å². The lowest BCUT2D eigenvalue weighted by atomic mass is 10.2. The predicted molar refractivity (Wildman–Crippen MR) is 71.3 cm³/mol. The summed E-state index contributed by atoms with van der Waals surface area (Å²) in [6, 6.07) is 3.62. The number of allylic oxidation sites excluding steroid dienone is 1. The van der Waals surface area contributed by atoms with E-state index in [1.165, 1.54) is 11.0 Å². The van der Waals surface area contributed by atoms with Crippen LogP contribution in [-0.2, 0) is 16.1 Å². The molecular formula is C14H18N2O3. The van der Waals surface area contributed by atoms with E-state index in [1.54, 1.807) is 12.4 Å². The van der Waals surface area contributed by atoms with E-state index in [0.717, 1.165) is 11.1 Å². The molecule has 102 valence electrons. The van der Waals surface area contributed by atoms with Crippen LogP contribution in [0.25, 0.3) is 0 Å². The van der Waals surface area contributed by atoms with Crippen LogP contribution in [-0.4, -0.2) is 33.4 Å². The second kappa shape index (κ2) is 7.31. The van der Waals surface area contributed by atoms with Crippen LogP contribution >= 0.6 is 0 Å². The first-order valence-electron chi connectivity index (χ1n) is 6.03. The highest BCUT2D eigenvalue weighted by Crippen LogP contribution is 2.06. The topological polar surface area (TPSA) is 70.5 Å². The van der Waals surface area contributed by atoms with Gasteiger partial charge in [-0.25, -0.2) is 0 Å². The number of aromatic nitrogens is 1. The van der Waals surface area contributed by atoms with Crippen LogP contribution in [0.1, 0.15) is 25.8 Å². The smallest absolute Gasteiger partial charge is 0.305 e. The molecule has 1 aromatic heterocycles. The van der Waals surface area contributed by atoms with Crippen LogP contribution in [0.4, 0.5) is 0 Å². The maximum Gasteiger partial charge on any atom is 0.305 e. The van der Waals surface area contributed by atoms with Crippen LogP contribution in [0.15, 0.2) is 36.2 Å². The van der Waals surface area contributed by atoms with E-state index >= 15 is 0 Å². The number of aliphatic carboxylic acids is 1. The summed E-state index contributed by atoms with van der Waals surface area (Å²) in [4.78, 5) is 28.1. The molecule has 0 aliphatic rings. The minimum Gasteiger partial charge on any atom is -0.481 e. The summed E-state index contributed by atoms with van der Waals surface area (Å²) in [7, 11) is 0. The first-order chi connectivity index (χ1) is 8.99. The van der Waals surface area contributed by atoms with Gasteiger partial charge in [-0.15, -0.1) is 0 Å². The molecule has 5 nitrogen and oxygen atoms in total. The summed E-state index contributed by atoms with van der Waals surface area (Å²) in [5, 5.41) is 8.73. The minimum absolute atomic E-state index is 0.0621. The third kappa shape index (κ3) is 5.81. The first kappa shape index (κ1) is 14.9. The lowest BCUT2D eigenvalue weighted by Gasteiger charge is -2.20. The number of carboxylic acid groups (broad SMARTS) is 1. The fraction of sp³-hybridized carbons (Fsp3) is 0.357. The summed E-state index contributed by atoms with van der Waals surface area (Å²) in [5.74, 6) is -1.08. The summed E-state index contributed by atoms with van der Waals surface area (Å²) >= 11 is 0. The average molecular weight is 262 g/mol. The monoisotopic (exact) mass is 262 g/mol. The molecule has 0 atom stereocenters. The Morgan fingerprint density at radius 3 is 2.47 bits per heavy atom. The van der Waals surface area contributed by atoms with Crippen molar-refractivity contribution >= 4 is 11.9 Å². The molecule has 5 heteroatoms. The van der Waals surface area contributed by atoms with Gasteiger partial charge in [-0.3, -0.25) is 14.6 Å². The Morgan fingerprint density at radius 2 is 1.95 bits per heavy atom. The highest BCUT2D eigenvalue weighted by atomic mass is 16.4. The molecule has 0 bridgehead atoms. The maximum absolute atomic E-state index is 12.0. The molecule has 0 saturated heterocycles. The second-order valence-electron chi connectivity index (χ2n) is 4.48. The van der Waals surface area contributed by atoms with E-state index in [4.69, 9.17) is 5.11 Å². The van der Waals surface area contributed by atoms with Crippen molar-refractivity contribution in [2.45, 2.75) is 26.8 Å². The van der Waals surface area contributed by atoms with Crippen molar-refractivity contribution < 1.29 is 14.7 Å². The van der Waals surface area contributed by atoms with Gasteiger partial charge in [0.1, 0.15) is 0 Å². The number of amides is 1. The number of carbonyl (C=O) groups excluding carboxylic acids is 1. The van der Waals surface area contributed by atoms with Gasteiger partial charge >= 0.3 is 5.97 Å². The third-order valence-corrected chi connectivity index (χ3v) is 2.44. The average Bonchev–Trinajstić information content (AvgIpc) is 2.34. The Kier molecular flexibility index (Phi) is 5.73. The molecule has 0 aliphatic carbocycles. The Hall–Kier alpha value is -2.17. The Balaban J connectivity index is 2.77. The highest BCUT2D eigenvalue weighted by molar-refractivity contribution is 5.88. The number of carbonyl (C=O) groups is 2. The third-order valence-electron chi connectivity index (χ3n) is 2.44. The van der Waals surface area contributed by atoms with Crippen LogP contribution < -0.4 is 0 Å². The molecule has 0 saturated carbocycles. The molecule has 1 N–H and O–H groups in total. The van der Waals surface area contributed by atoms with E-state index in [9.17, 15) is 9.59 Å². The van der Waals surface area contributed by atoms with E-state index in [1.807, 2.05) is 26.0 Å². The molecule has 19 heavy (non-hydrogen) atoms. The Labute approximate surface area is 112 Å². The maximum atomic E-state index is 12.0. The zero-order valence-electron chi connectivity index (χ0n) is 11.2. The van der Waals surface area contributed by atoms with Crippen LogP contribution in [0.2, 0.25) is 0 Å². The van der Waals surface area contributed by atoms with Crippen molar-refractivity contribution in [2.24, 2.45) is 0 Å². The highest BCUT2D eigenvalue weighted by Gasteiger charge is 2.13. The fourth-order valence-electron chi connectivity index (χ4n) is 1.54. The van der Waals surface area contributed by atoms with Gasteiger partial charge in [0.05, 0.1) is 6.42 Å². The van der Waals surface area contributed by atoms with Gasteiger partial charge < -0.3 is 10.0 Å². The lowest BCUT2D eigenvalue weighted by Crippen LogP contribution is -2.31. The quantitative estimate of drug-likeness (QED) is 0.794. The Morgan fingerprint density at radius 1 is 1.32 bits per heavy atom. The normalized spacial score (nSPS) is 9.79. The number of nitrogens with zero attached hydrogens (tertiary/aromatic N) is 2. The molecule has 0 radical (unpaired) electrons. The zero-order chi connectivity index (χ0) is 14.3. The largest absolute Gasteiger partial charge is 0.481 e. The van der Waals surface area contributed by atoms with Crippen LogP contribution in [0, 0.1) is 0 Å². The van der Waals surface area contributed by atoms with E-state index in [2.05, 4.69) is 4.98 Å². The molecule has 0 aliphatic heterocycles. The molecule has 0 aromatic carbocycles. The number of hydrogen-bond donors (Lipinski definition) is 1. The summed E-state index contributed by atoms with van der Waals surface area (Å²) in [5.41, 5.74) is 1.82. The van der Waals surface area contributed by atoms with Gasteiger partial charge in [0, 0.05) is 31.6 Å². The van der Waals surface area contributed by atoms with Gasteiger partial charge in [-0.05, 0) is 31.5 Å². The SMILES string of the molecule is CC(C)=CC(=O)N(CCC(=O)O)Cc1ccncc1. The molecule has 1 amide bonds. The van der Waals surface area contributed by atoms with Crippen molar-refractivity contribution in [1.82, 2.24) is 9.88 Å². The molecule has 0 spiro atoms. The first-order valence-corrected chi connectivity index (χ1v) is 6.03. The summed E-state index contributed by atoms with van der Waals surface area (Å²) in [6.07, 6.45) is 4.75. The molecule has 1 rings (SSSR count). The number of hydrogen-bond acceptors (Lipinski definition) is 3.